The van der Waals surface area contributed by atoms with E-state index in [0.717, 1.165) is 5.56 Å². The van der Waals surface area contributed by atoms with E-state index >= 15 is 0 Å². The quantitative estimate of drug-likeness (QED) is 0.332. The molecule has 112 valence electrons. The van der Waals surface area contributed by atoms with Gasteiger partial charge in [-0.3, -0.25) is 0 Å². The minimum absolute atomic E-state index is 0.0401. The highest BCUT2D eigenvalue weighted by Gasteiger charge is 2.10. The first kappa shape index (κ1) is 15.3. The number of nitrogens with one attached hydrogen (secondary N) is 1. The molecule has 0 aliphatic carbocycles. The number of nitrogens with two attached hydrogens (primary N) is 1. The lowest BCUT2D eigenvalue weighted by Gasteiger charge is -2.14. The fourth-order valence-corrected chi connectivity index (χ4v) is 2.78. The van der Waals surface area contributed by atoms with Crippen LogP contribution in [0.4, 0.5) is 0 Å². The maximum absolute atomic E-state index is 8.76. The Bertz CT molecular complexity index is 611. The molecule has 0 amide bonds. The summed E-state index contributed by atoms with van der Waals surface area (Å²) >= 11 is 1.74. The predicted molar refractivity (Wildman–Crippen MR) is 85.1 cm³/mol. The number of methoxy groups -OCH3 is 1. The molecule has 6 heteroatoms. The number of rotatable bonds is 6. The average molecular weight is 305 g/mol. The van der Waals surface area contributed by atoms with Crippen molar-refractivity contribution in [1.82, 2.24) is 5.32 Å². The van der Waals surface area contributed by atoms with Crippen LogP contribution in [-0.4, -0.2) is 18.2 Å². The van der Waals surface area contributed by atoms with Gasteiger partial charge in [0, 0.05) is 17.5 Å². The first-order valence-electron chi connectivity index (χ1n) is 6.57. The summed E-state index contributed by atoms with van der Waals surface area (Å²) in [6.07, 6.45) is 0. The fourth-order valence-electron chi connectivity index (χ4n) is 2.02. The van der Waals surface area contributed by atoms with Gasteiger partial charge in [0.1, 0.15) is 5.75 Å². The Morgan fingerprint density at radius 3 is 2.90 bits per heavy atom. The lowest BCUT2D eigenvalue weighted by atomic mass is 10.1. The highest BCUT2D eigenvalue weighted by Crippen LogP contribution is 2.22. The predicted octanol–water partition coefficient (Wildman–Crippen LogP) is 2.70. The molecular weight excluding hydrogens is 286 g/mol. The lowest BCUT2D eigenvalue weighted by molar-refractivity contribution is 0.318. The van der Waals surface area contributed by atoms with Gasteiger partial charge < -0.3 is 21.0 Å². The van der Waals surface area contributed by atoms with Crippen molar-refractivity contribution in [3.05, 3.63) is 51.7 Å². The van der Waals surface area contributed by atoms with E-state index in [9.17, 15) is 0 Å². The second kappa shape index (κ2) is 7.10. The van der Waals surface area contributed by atoms with E-state index in [0.29, 0.717) is 23.9 Å². The van der Waals surface area contributed by atoms with Gasteiger partial charge in [-0.05, 0) is 36.1 Å². The lowest BCUT2D eigenvalue weighted by Crippen LogP contribution is -2.18. The normalized spacial score (nSPS) is 13.1. The summed E-state index contributed by atoms with van der Waals surface area (Å²) in [5.74, 6) is 0.631. The molecule has 0 radical (unpaired) electrons. The van der Waals surface area contributed by atoms with Gasteiger partial charge in [-0.1, -0.05) is 17.3 Å². The molecule has 0 fully saturated rings. The van der Waals surface area contributed by atoms with Gasteiger partial charge in [0.05, 0.1) is 12.7 Å². The van der Waals surface area contributed by atoms with E-state index in [1.807, 2.05) is 18.2 Å². The summed E-state index contributed by atoms with van der Waals surface area (Å²) < 4.78 is 5.29. The zero-order valence-corrected chi connectivity index (χ0v) is 12.9. The van der Waals surface area contributed by atoms with E-state index < -0.39 is 0 Å². The third-order valence-electron chi connectivity index (χ3n) is 3.23. The summed E-state index contributed by atoms with van der Waals surface area (Å²) in [6, 6.07) is 10.1. The number of benzene rings is 1. The second-order valence-corrected chi connectivity index (χ2v) is 5.62. The molecule has 0 saturated heterocycles. The molecule has 1 aromatic carbocycles. The first-order chi connectivity index (χ1) is 10.2. The van der Waals surface area contributed by atoms with E-state index in [4.69, 9.17) is 15.7 Å². The van der Waals surface area contributed by atoms with Gasteiger partial charge in [-0.2, -0.15) is 0 Å². The van der Waals surface area contributed by atoms with E-state index in [1.54, 1.807) is 24.5 Å². The van der Waals surface area contributed by atoms with Crippen molar-refractivity contribution >= 4 is 17.2 Å². The van der Waals surface area contributed by atoms with E-state index in [-0.39, 0.29) is 5.84 Å². The number of amidine groups is 1. The van der Waals surface area contributed by atoms with Crippen LogP contribution in [0.2, 0.25) is 0 Å². The summed E-state index contributed by atoms with van der Waals surface area (Å²) in [5, 5.41) is 17.3. The average Bonchev–Trinajstić information content (AvgIpc) is 3.06. The Kier molecular flexibility index (Phi) is 5.19. The van der Waals surface area contributed by atoms with E-state index in [2.05, 4.69) is 28.8 Å². The summed E-state index contributed by atoms with van der Waals surface area (Å²) in [4.78, 5) is 1.30. The molecule has 5 nitrogen and oxygen atoms in total. The van der Waals surface area contributed by atoms with Gasteiger partial charge in [0.15, 0.2) is 5.84 Å². The van der Waals surface area contributed by atoms with Gasteiger partial charge in [0.2, 0.25) is 0 Å². The van der Waals surface area contributed by atoms with Crippen LogP contribution >= 0.6 is 11.3 Å². The third-order valence-corrected chi connectivity index (χ3v) is 4.29. The molecule has 1 heterocycles. The Hall–Kier alpha value is -2.05. The maximum atomic E-state index is 8.76. The van der Waals surface area contributed by atoms with Crippen LogP contribution in [0.3, 0.4) is 0 Å². The molecule has 2 rings (SSSR count). The summed E-state index contributed by atoms with van der Waals surface area (Å²) in [5.41, 5.74) is 7.27. The molecule has 1 unspecified atom stereocenters. The smallest absolute Gasteiger partial charge is 0.173 e. The minimum Gasteiger partial charge on any atom is -0.496 e. The third kappa shape index (κ3) is 3.74. The second-order valence-electron chi connectivity index (χ2n) is 4.64. The Balaban J connectivity index is 2.07. The van der Waals surface area contributed by atoms with E-state index in [1.165, 1.54) is 4.88 Å². The number of ether oxygens (including phenoxy) is 1. The standard InChI is InChI=1S/C15H19N3O2S/c1-10(14-4-3-7-21-14)17-9-11-5-6-12(15(16)18-19)13(8-11)20-2/h3-8,10,17,19H,9H2,1-2H3,(H2,16,18). The van der Waals surface area contributed by atoms with Crippen LogP contribution in [-0.2, 0) is 6.54 Å². The topological polar surface area (TPSA) is 79.9 Å². The molecule has 0 spiro atoms. The highest BCUT2D eigenvalue weighted by molar-refractivity contribution is 7.10. The number of oxime groups is 1. The van der Waals surface area contributed by atoms with Crippen molar-refractivity contribution in [3.63, 3.8) is 0 Å². The SMILES string of the molecule is COc1cc(CNC(C)c2cccs2)ccc1/C(N)=N/O. The molecule has 1 atom stereocenters. The molecule has 0 aliphatic rings. The van der Waals surface area contributed by atoms with Crippen molar-refractivity contribution in [2.45, 2.75) is 19.5 Å². The maximum Gasteiger partial charge on any atom is 0.173 e. The van der Waals surface area contributed by atoms with Crippen molar-refractivity contribution in [3.8, 4) is 5.75 Å². The molecule has 1 aromatic heterocycles. The molecular formula is C15H19N3O2S. The molecule has 2 aromatic rings. The van der Waals surface area contributed by atoms with Crippen LogP contribution in [0, 0.1) is 0 Å². The molecule has 4 N–H and O–H groups in total. The molecule has 21 heavy (non-hydrogen) atoms. The Morgan fingerprint density at radius 1 is 1.48 bits per heavy atom. The van der Waals surface area contributed by atoms with Crippen LogP contribution < -0.4 is 15.8 Å². The Labute approximate surface area is 128 Å². The Morgan fingerprint density at radius 2 is 2.29 bits per heavy atom. The summed E-state index contributed by atoms with van der Waals surface area (Å²) in [6.45, 7) is 2.85. The largest absolute Gasteiger partial charge is 0.496 e. The number of hydrogen-bond donors (Lipinski definition) is 3. The number of hydrogen-bond acceptors (Lipinski definition) is 5. The van der Waals surface area contributed by atoms with Crippen molar-refractivity contribution in [1.29, 1.82) is 0 Å². The van der Waals surface area contributed by atoms with Crippen molar-refractivity contribution in [2.24, 2.45) is 10.9 Å². The summed E-state index contributed by atoms with van der Waals surface area (Å²) in [7, 11) is 1.56. The van der Waals surface area contributed by atoms with Crippen molar-refractivity contribution in [2.75, 3.05) is 7.11 Å². The number of thiophene rings is 1. The van der Waals surface area contributed by atoms with Gasteiger partial charge >= 0.3 is 0 Å². The molecule has 0 bridgehead atoms. The van der Waals surface area contributed by atoms with Crippen molar-refractivity contribution < 1.29 is 9.94 Å². The fraction of sp³-hybridized carbons (Fsp3) is 0.267. The van der Waals surface area contributed by atoms with Gasteiger partial charge in [-0.15, -0.1) is 11.3 Å². The van der Waals surface area contributed by atoms with Gasteiger partial charge in [-0.25, -0.2) is 0 Å². The van der Waals surface area contributed by atoms with Crippen LogP contribution in [0.25, 0.3) is 0 Å². The zero-order valence-electron chi connectivity index (χ0n) is 12.0. The van der Waals surface area contributed by atoms with Crippen LogP contribution in [0.1, 0.15) is 29.0 Å². The first-order valence-corrected chi connectivity index (χ1v) is 7.45. The number of nitrogens with zero attached hydrogens (tertiary/aromatic N) is 1. The highest BCUT2D eigenvalue weighted by atomic mass is 32.1. The zero-order chi connectivity index (χ0) is 15.2. The minimum atomic E-state index is 0.0401. The molecule has 0 aliphatic heterocycles. The van der Waals surface area contributed by atoms with Crippen LogP contribution in [0.5, 0.6) is 5.75 Å². The molecule has 0 saturated carbocycles. The van der Waals surface area contributed by atoms with Gasteiger partial charge in [0.25, 0.3) is 0 Å². The van der Waals surface area contributed by atoms with Crippen LogP contribution in [0.15, 0.2) is 40.9 Å². The monoisotopic (exact) mass is 305 g/mol.